The number of amides is 1. The average molecular weight is 360 g/mol. The van der Waals surface area contributed by atoms with Crippen molar-refractivity contribution in [1.29, 1.82) is 0 Å². The maximum absolute atomic E-state index is 12.8. The summed E-state index contributed by atoms with van der Waals surface area (Å²) in [7, 11) is 1.64. The first-order valence-corrected chi connectivity index (χ1v) is 8.94. The van der Waals surface area contributed by atoms with Crippen molar-refractivity contribution in [2.45, 2.75) is 19.5 Å². The molecule has 2 aromatic heterocycles. The fourth-order valence-electron chi connectivity index (χ4n) is 2.68. The van der Waals surface area contributed by atoms with Crippen LogP contribution >= 0.6 is 11.3 Å². The lowest BCUT2D eigenvalue weighted by Crippen LogP contribution is -2.36. The predicted molar refractivity (Wildman–Crippen MR) is 96.7 cm³/mol. The van der Waals surface area contributed by atoms with Gasteiger partial charge in [0.1, 0.15) is 6.54 Å². The van der Waals surface area contributed by atoms with E-state index in [-0.39, 0.29) is 12.5 Å². The van der Waals surface area contributed by atoms with Crippen LogP contribution in [-0.4, -0.2) is 35.6 Å². The standard InChI is InChI=1S/C18H20N2O4S/c1-23-10-5-9-19(12-14-6-4-11-25-14)17(21)13-20-15-7-2-3-8-16(15)24-18(20)22/h2-4,6-8,11H,5,9-10,12-13H2,1H3. The first-order valence-electron chi connectivity index (χ1n) is 8.06. The Morgan fingerprint density at radius 1 is 1.28 bits per heavy atom. The Morgan fingerprint density at radius 2 is 2.12 bits per heavy atom. The van der Waals surface area contributed by atoms with Crippen molar-refractivity contribution in [3.63, 3.8) is 0 Å². The summed E-state index contributed by atoms with van der Waals surface area (Å²) >= 11 is 1.61. The van der Waals surface area contributed by atoms with Gasteiger partial charge in [-0.1, -0.05) is 18.2 Å². The van der Waals surface area contributed by atoms with E-state index >= 15 is 0 Å². The molecule has 0 atom stereocenters. The van der Waals surface area contributed by atoms with Crippen molar-refractivity contribution in [1.82, 2.24) is 9.47 Å². The molecule has 3 aromatic rings. The van der Waals surface area contributed by atoms with Gasteiger partial charge in [-0.25, -0.2) is 4.79 Å². The number of benzene rings is 1. The van der Waals surface area contributed by atoms with Gasteiger partial charge in [-0.15, -0.1) is 11.3 Å². The Morgan fingerprint density at radius 3 is 2.88 bits per heavy atom. The van der Waals surface area contributed by atoms with Gasteiger partial charge in [0.05, 0.1) is 12.1 Å². The minimum Gasteiger partial charge on any atom is -0.408 e. The van der Waals surface area contributed by atoms with Gasteiger partial charge < -0.3 is 14.1 Å². The van der Waals surface area contributed by atoms with Crippen LogP contribution in [0.5, 0.6) is 0 Å². The zero-order valence-corrected chi connectivity index (χ0v) is 14.8. The highest BCUT2D eigenvalue weighted by molar-refractivity contribution is 7.09. The molecule has 0 fully saturated rings. The molecule has 1 aromatic carbocycles. The number of methoxy groups -OCH3 is 1. The maximum atomic E-state index is 12.8. The summed E-state index contributed by atoms with van der Waals surface area (Å²) in [6, 6.07) is 11.1. The van der Waals surface area contributed by atoms with Crippen LogP contribution in [0, 0.1) is 0 Å². The first-order chi connectivity index (χ1) is 12.2. The Labute approximate surface area is 149 Å². The number of thiophene rings is 1. The summed E-state index contributed by atoms with van der Waals surface area (Å²) in [5, 5.41) is 1.99. The van der Waals surface area contributed by atoms with Crippen LogP contribution < -0.4 is 5.76 Å². The number of para-hydroxylation sites is 2. The Hall–Kier alpha value is -2.38. The minimum atomic E-state index is -0.512. The second-order valence-corrected chi connectivity index (χ2v) is 6.70. The molecule has 2 heterocycles. The molecule has 0 unspecified atom stereocenters. The molecule has 132 valence electrons. The number of hydrogen-bond donors (Lipinski definition) is 0. The number of carbonyl (C=O) groups is 1. The van der Waals surface area contributed by atoms with E-state index in [2.05, 4.69) is 0 Å². The number of nitrogens with zero attached hydrogens (tertiary/aromatic N) is 2. The highest BCUT2D eigenvalue weighted by atomic mass is 32.1. The molecule has 0 saturated carbocycles. The van der Waals surface area contributed by atoms with Crippen molar-refractivity contribution in [2.24, 2.45) is 0 Å². The van der Waals surface area contributed by atoms with Gasteiger partial charge in [0.2, 0.25) is 5.91 Å². The van der Waals surface area contributed by atoms with Crippen molar-refractivity contribution >= 4 is 28.3 Å². The van der Waals surface area contributed by atoms with Gasteiger partial charge in [-0.2, -0.15) is 0 Å². The zero-order chi connectivity index (χ0) is 17.6. The van der Waals surface area contributed by atoms with Crippen LogP contribution in [0.2, 0.25) is 0 Å². The van der Waals surface area contributed by atoms with Gasteiger partial charge in [0.15, 0.2) is 5.58 Å². The van der Waals surface area contributed by atoms with E-state index in [0.29, 0.717) is 30.8 Å². The molecule has 0 aliphatic carbocycles. The molecule has 7 heteroatoms. The van der Waals surface area contributed by atoms with Gasteiger partial charge in [-0.05, 0) is 30.0 Å². The number of hydrogen-bond acceptors (Lipinski definition) is 5. The van der Waals surface area contributed by atoms with E-state index in [0.717, 1.165) is 11.3 Å². The zero-order valence-electron chi connectivity index (χ0n) is 14.0. The third-order valence-electron chi connectivity index (χ3n) is 3.92. The summed E-state index contributed by atoms with van der Waals surface area (Å²) in [5.41, 5.74) is 1.12. The average Bonchev–Trinajstić information content (AvgIpc) is 3.22. The Balaban J connectivity index is 1.78. The summed E-state index contributed by atoms with van der Waals surface area (Å²) in [4.78, 5) is 27.8. The Kier molecular flexibility index (Phi) is 5.67. The molecule has 3 rings (SSSR count). The van der Waals surface area contributed by atoms with Crippen LogP contribution in [0.25, 0.3) is 11.1 Å². The molecule has 0 N–H and O–H groups in total. The van der Waals surface area contributed by atoms with E-state index in [1.165, 1.54) is 4.57 Å². The third kappa shape index (κ3) is 4.18. The summed E-state index contributed by atoms with van der Waals surface area (Å²) in [6.07, 6.45) is 0.745. The van der Waals surface area contributed by atoms with E-state index < -0.39 is 5.76 Å². The van der Waals surface area contributed by atoms with Crippen molar-refractivity contribution in [3.05, 3.63) is 57.2 Å². The number of fused-ring (bicyclic) bond motifs is 1. The molecular formula is C18H20N2O4S. The highest BCUT2D eigenvalue weighted by Gasteiger charge is 2.18. The Bertz CT molecular complexity index is 882. The number of rotatable bonds is 8. The van der Waals surface area contributed by atoms with Crippen LogP contribution in [0.15, 0.2) is 51.0 Å². The first kappa shape index (κ1) is 17.4. The lowest BCUT2D eigenvalue weighted by molar-refractivity contribution is -0.132. The van der Waals surface area contributed by atoms with Gasteiger partial charge in [-0.3, -0.25) is 9.36 Å². The monoisotopic (exact) mass is 360 g/mol. The SMILES string of the molecule is COCCCN(Cc1cccs1)C(=O)Cn1c(=O)oc2ccccc21. The topological polar surface area (TPSA) is 64.7 Å². The van der Waals surface area contributed by atoms with Crippen molar-refractivity contribution in [3.8, 4) is 0 Å². The normalized spacial score (nSPS) is 11.1. The van der Waals surface area contributed by atoms with Gasteiger partial charge in [0.25, 0.3) is 0 Å². The van der Waals surface area contributed by atoms with Crippen LogP contribution in [-0.2, 0) is 22.6 Å². The van der Waals surface area contributed by atoms with Crippen LogP contribution in [0.1, 0.15) is 11.3 Å². The molecule has 0 aliphatic rings. The number of aromatic nitrogens is 1. The minimum absolute atomic E-state index is 0.0335. The number of ether oxygens (including phenoxy) is 1. The fourth-order valence-corrected chi connectivity index (χ4v) is 3.40. The van der Waals surface area contributed by atoms with E-state index in [9.17, 15) is 9.59 Å². The van der Waals surface area contributed by atoms with Crippen LogP contribution in [0.3, 0.4) is 0 Å². The molecule has 0 bridgehead atoms. The van der Waals surface area contributed by atoms with E-state index in [1.54, 1.807) is 41.5 Å². The summed E-state index contributed by atoms with van der Waals surface area (Å²) in [5.74, 6) is -0.624. The molecule has 0 spiro atoms. The quantitative estimate of drug-likeness (QED) is 0.580. The lowest BCUT2D eigenvalue weighted by Gasteiger charge is -2.22. The third-order valence-corrected chi connectivity index (χ3v) is 4.78. The number of carbonyl (C=O) groups excluding carboxylic acids is 1. The molecule has 1 amide bonds. The lowest BCUT2D eigenvalue weighted by atomic mass is 10.3. The molecule has 6 nitrogen and oxygen atoms in total. The van der Waals surface area contributed by atoms with Crippen LogP contribution in [0.4, 0.5) is 0 Å². The second-order valence-electron chi connectivity index (χ2n) is 5.66. The van der Waals surface area contributed by atoms with Gasteiger partial charge >= 0.3 is 5.76 Å². The van der Waals surface area contributed by atoms with E-state index in [1.807, 2.05) is 23.6 Å². The van der Waals surface area contributed by atoms with Crippen molar-refractivity contribution < 1.29 is 13.9 Å². The maximum Gasteiger partial charge on any atom is 0.420 e. The predicted octanol–water partition coefficient (Wildman–Crippen LogP) is 2.72. The molecular weight excluding hydrogens is 340 g/mol. The smallest absolute Gasteiger partial charge is 0.408 e. The van der Waals surface area contributed by atoms with Gasteiger partial charge in [0, 0.05) is 25.1 Å². The van der Waals surface area contributed by atoms with E-state index in [4.69, 9.17) is 9.15 Å². The fraction of sp³-hybridized carbons (Fsp3) is 0.333. The largest absolute Gasteiger partial charge is 0.420 e. The molecule has 0 radical (unpaired) electrons. The highest BCUT2D eigenvalue weighted by Crippen LogP contribution is 2.15. The summed E-state index contributed by atoms with van der Waals surface area (Å²) in [6.45, 7) is 1.66. The molecule has 0 saturated heterocycles. The van der Waals surface area contributed by atoms with Crippen molar-refractivity contribution in [2.75, 3.05) is 20.3 Å². The second kappa shape index (κ2) is 8.13. The number of oxazole rings is 1. The molecule has 25 heavy (non-hydrogen) atoms. The summed E-state index contributed by atoms with van der Waals surface area (Å²) < 4.78 is 11.7. The molecule has 0 aliphatic heterocycles.